The van der Waals surface area contributed by atoms with Crippen molar-refractivity contribution in [2.24, 2.45) is 0 Å². The van der Waals surface area contributed by atoms with Crippen LogP contribution in [0, 0.1) is 0 Å². The van der Waals surface area contributed by atoms with Gasteiger partial charge >= 0.3 is 0 Å². The molecule has 1 aliphatic heterocycles. The molecule has 5 heteroatoms. The molecule has 0 amide bonds. The fourth-order valence-corrected chi connectivity index (χ4v) is 4.22. The Balaban J connectivity index is 1.62. The summed E-state index contributed by atoms with van der Waals surface area (Å²) in [6, 6.07) is 8.43. The van der Waals surface area contributed by atoms with Gasteiger partial charge in [0.1, 0.15) is 5.01 Å². The molecule has 1 aliphatic rings. The van der Waals surface area contributed by atoms with E-state index >= 15 is 0 Å². The van der Waals surface area contributed by atoms with Crippen molar-refractivity contribution in [1.82, 2.24) is 14.8 Å². The van der Waals surface area contributed by atoms with Gasteiger partial charge in [-0.3, -0.25) is 4.90 Å². The number of benzene rings is 1. The highest BCUT2D eigenvalue weighted by molar-refractivity contribution is 9.09. The molecule has 3 rings (SSSR count). The van der Waals surface area contributed by atoms with Gasteiger partial charge in [-0.25, -0.2) is 4.98 Å². The van der Waals surface area contributed by atoms with Gasteiger partial charge in [-0.15, -0.1) is 11.3 Å². The van der Waals surface area contributed by atoms with Gasteiger partial charge in [-0.05, 0) is 31.6 Å². The number of para-hydroxylation sites is 1. The Kier molecular flexibility index (Phi) is 5.04. The van der Waals surface area contributed by atoms with E-state index in [1.807, 2.05) is 11.3 Å². The summed E-state index contributed by atoms with van der Waals surface area (Å²) in [4.78, 5) is 9.84. The summed E-state index contributed by atoms with van der Waals surface area (Å²) in [6.07, 6.45) is 1.26. The first-order chi connectivity index (χ1) is 9.85. The second-order valence-corrected chi connectivity index (χ2v) is 7.14. The zero-order chi connectivity index (χ0) is 13.8. The maximum atomic E-state index is 4.75. The topological polar surface area (TPSA) is 19.4 Å². The molecule has 0 unspecified atom stereocenters. The Labute approximate surface area is 132 Å². The number of alkyl halides is 1. The molecule has 0 N–H and O–H groups in total. The zero-order valence-electron chi connectivity index (χ0n) is 11.6. The molecule has 3 nitrogen and oxygen atoms in total. The van der Waals surface area contributed by atoms with Crippen LogP contribution in [0.15, 0.2) is 24.3 Å². The molecule has 108 valence electrons. The molecule has 20 heavy (non-hydrogen) atoms. The van der Waals surface area contributed by atoms with Crippen LogP contribution in [0.2, 0.25) is 0 Å². The molecule has 0 atom stereocenters. The summed E-state index contributed by atoms with van der Waals surface area (Å²) in [7, 11) is 0. The molecular weight excluding hydrogens is 334 g/mol. The van der Waals surface area contributed by atoms with Crippen molar-refractivity contribution >= 4 is 37.5 Å². The van der Waals surface area contributed by atoms with Crippen LogP contribution in [0.3, 0.4) is 0 Å². The minimum absolute atomic E-state index is 1.00. The lowest BCUT2D eigenvalue weighted by molar-refractivity contribution is 0.258. The number of thiazole rings is 1. The van der Waals surface area contributed by atoms with E-state index in [0.29, 0.717) is 0 Å². The Hall–Kier alpha value is -0.490. The lowest BCUT2D eigenvalue weighted by Crippen LogP contribution is -2.31. The predicted molar refractivity (Wildman–Crippen MR) is 89.7 cm³/mol. The van der Waals surface area contributed by atoms with Crippen molar-refractivity contribution in [3.8, 4) is 0 Å². The van der Waals surface area contributed by atoms with Gasteiger partial charge < -0.3 is 4.90 Å². The molecule has 1 saturated heterocycles. The lowest BCUT2D eigenvalue weighted by atomic mass is 10.3. The quantitative estimate of drug-likeness (QED) is 0.786. The van der Waals surface area contributed by atoms with Gasteiger partial charge in [0.15, 0.2) is 0 Å². The van der Waals surface area contributed by atoms with Crippen molar-refractivity contribution in [1.29, 1.82) is 0 Å². The van der Waals surface area contributed by atoms with Gasteiger partial charge in [0, 0.05) is 25.0 Å². The Morgan fingerprint density at radius 2 is 1.90 bits per heavy atom. The van der Waals surface area contributed by atoms with Gasteiger partial charge in [-0.1, -0.05) is 28.1 Å². The third-order valence-corrected chi connectivity index (χ3v) is 5.15. The number of rotatable bonds is 4. The Bertz CT molecular complexity index is 524. The van der Waals surface area contributed by atoms with E-state index in [2.05, 4.69) is 50.0 Å². The first-order valence-corrected chi connectivity index (χ1v) is 9.14. The van der Waals surface area contributed by atoms with Crippen LogP contribution in [0.4, 0.5) is 0 Å². The molecule has 1 aromatic heterocycles. The number of hydrogen-bond donors (Lipinski definition) is 0. The fourth-order valence-electron chi connectivity index (χ4n) is 2.70. The molecule has 0 spiro atoms. The van der Waals surface area contributed by atoms with Crippen molar-refractivity contribution in [2.75, 3.05) is 38.1 Å². The van der Waals surface area contributed by atoms with E-state index in [-0.39, 0.29) is 0 Å². The highest BCUT2D eigenvalue weighted by atomic mass is 79.9. The summed E-state index contributed by atoms with van der Waals surface area (Å²) < 4.78 is 1.30. The molecule has 2 aromatic rings. The van der Waals surface area contributed by atoms with Crippen LogP contribution < -0.4 is 0 Å². The summed E-state index contributed by atoms with van der Waals surface area (Å²) in [5.41, 5.74) is 1.14. The number of halogens is 1. The van der Waals surface area contributed by atoms with Crippen LogP contribution in [-0.2, 0) is 6.54 Å². The Morgan fingerprint density at radius 1 is 1.10 bits per heavy atom. The molecule has 0 radical (unpaired) electrons. The summed E-state index contributed by atoms with van der Waals surface area (Å²) in [6.45, 7) is 6.91. The molecule has 2 heterocycles. The van der Waals surface area contributed by atoms with Crippen molar-refractivity contribution in [2.45, 2.75) is 13.0 Å². The van der Waals surface area contributed by atoms with E-state index in [1.54, 1.807) is 0 Å². The van der Waals surface area contributed by atoms with E-state index < -0.39 is 0 Å². The van der Waals surface area contributed by atoms with Gasteiger partial charge in [0.2, 0.25) is 0 Å². The number of aromatic nitrogens is 1. The third-order valence-electron chi connectivity index (χ3n) is 3.78. The van der Waals surface area contributed by atoms with Crippen LogP contribution in [-0.4, -0.2) is 52.8 Å². The molecule has 1 aromatic carbocycles. The first kappa shape index (κ1) is 14.4. The normalized spacial score (nSPS) is 18.4. The maximum absolute atomic E-state index is 4.75. The minimum atomic E-state index is 1.00. The minimum Gasteiger partial charge on any atom is -0.301 e. The van der Waals surface area contributed by atoms with Gasteiger partial charge in [0.25, 0.3) is 0 Å². The molecule has 0 saturated carbocycles. The lowest BCUT2D eigenvalue weighted by Gasteiger charge is -2.20. The van der Waals surface area contributed by atoms with Gasteiger partial charge in [-0.2, -0.15) is 0 Å². The maximum Gasteiger partial charge on any atom is 0.108 e. The largest absolute Gasteiger partial charge is 0.301 e. The summed E-state index contributed by atoms with van der Waals surface area (Å²) in [5.74, 6) is 0. The van der Waals surface area contributed by atoms with E-state index in [4.69, 9.17) is 4.98 Å². The van der Waals surface area contributed by atoms with Crippen LogP contribution in [0.5, 0.6) is 0 Å². The third kappa shape index (κ3) is 3.58. The van der Waals surface area contributed by atoms with Crippen molar-refractivity contribution in [3.63, 3.8) is 0 Å². The SMILES string of the molecule is BrCCN1CCCN(Cc2nc3ccccc3s2)CC1. The zero-order valence-corrected chi connectivity index (χ0v) is 14.0. The molecular formula is C15H20BrN3S. The molecule has 0 aliphatic carbocycles. The van der Waals surface area contributed by atoms with E-state index in [1.165, 1.54) is 35.8 Å². The monoisotopic (exact) mass is 353 g/mol. The van der Waals surface area contributed by atoms with E-state index in [9.17, 15) is 0 Å². The second kappa shape index (κ2) is 6.98. The van der Waals surface area contributed by atoms with Crippen LogP contribution in [0.1, 0.15) is 11.4 Å². The van der Waals surface area contributed by atoms with E-state index in [0.717, 1.165) is 30.5 Å². The molecule has 1 fully saturated rings. The predicted octanol–water partition coefficient (Wildman–Crippen LogP) is 3.20. The average Bonchev–Trinajstić information content (AvgIpc) is 2.73. The first-order valence-electron chi connectivity index (χ1n) is 7.20. The second-order valence-electron chi connectivity index (χ2n) is 5.24. The highest BCUT2D eigenvalue weighted by Crippen LogP contribution is 2.22. The summed E-state index contributed by atoms with van der Waals surface area (Å²) >= 11 is 5.37. The number of nitrogens with zero attached hydrogens (tertiary/aromatic N) is 3. The smallest absolute Gasteiger partial charge is 0.108 e. The summed E-state index contributed by atoms with van der Waals surface area (Å²) in [5, 5.41) is 2.32. The van der Waals surface area contributed by atoms with Crippen molar-refractivity contribution in [3.05, 3.63) is 29.3 Å². The highest BCUT2D eigenvalue weighted by Gasteiger charge is 2.15. The fraction of sp³-hybridized carbons (Fsp3) is 0.533. The Morgan fingerprint density at radius 3 is 2.75 bits per heavy atom. The van der Waals surface area contributed by atoms with Crippen LogP contribution >= 0.6 is 27.3 Å². The van der Waals surface area contributed by atoms with Crippen molar-refractivity contribution < 1.29 is 0 Å². The van der Waals surface area contributed by atoms with Gasteiger partial charge in [0.05, 0.1) is 16.8 Å². The number of fused-ring (bicyclic) bond motifs is 1. The standard InChI is InChI=1S/C15H20BrN3S/c16-6-9-18-7-3-8-19(11-10-18)12-15-17-13-4-1-2-5-14(13)20-15/h1-2,4-5H,3,6-12H2. The number of hydrogen-bond acceptors (Lipinski definition) is 4. The van der Waals surface area contributed by atoms with Crippen LogP contribution in [0.25, 0.3) is 10.2 Å². The average molecular weight is 354 g/mol. The molecule has 0 bridgehead atoms.